The summed E-state index contributed by atoms with van der Waals surface area (Å²) in [6, 6.07) is 5.58. The molecule has 3 nitrogen and oxygen atoms in total. The highest BCUT2D eigenvalue weighted by molar-refractivity contribution is 7.97. The molecule has 1 aromatic heterocycles. The third-order valence-corrected chi connectivity index (χ3v) is 4.46. The van der Waals surface area contributed by atoms with E-state index < -0.39 is 0 Å². The van der Waals surface area contributed by atoms with Crippen LogP contribution in [0, 0.1) is 0 Å². The minimum Gasteiger partial charge on any atom is -0.369 e. The third kappa shape index (κ3) is 2.33. The van der Waals surface area contributed by atoms with Gasteiger partial charge in [-0.15, -0.1) is 0 Å². The monoisotopic (exact) mass is 313 g/mol. The molecule has 0 fully saturated rings. The molecule has 3 rings (SSSR count). The van der Waals surface area contributed by atoms with Crippen molar-refractivity contribution in [2.45, 2.75) is 12.2 Å². The van der Waals surface area contributed by atoms with Crippen LogP contribution in [0.1, 0.15) is 11.3 Å². The van der Waals surface area contributed by atoms with Crippen molar-refractivity contribution in [3.05, 3.63) is 39.5 Å². The number of rotatable bonds is 3. The van der Waals surface area contributed by atoms with Gasteiger partial charge in [-0.25, -0.2) is 4.68 Å². The molecule has 0 unspecified atom stereocenters. The molecule has 1 aromatic carbocycles. The summed E-state index contributed by atoms with van der Waals surface area (Å²) in [4.78, 5) is 0. The van der Waals surface area contributed by atoms with E-state index in [1.54, 1.807) is 17.8 Å². The Kier molecular flexibility index (Phi) is 3.65. The van der Waals surface area contributed by atoms with Crippen molar-refractivity contribution in [1.82, 2.24) is 9.78 Å². The van der Waals surface area contributed by atoms with E-state index in [2.05, 4.69) is 11.6 Å². The Labute approximate surface area is 126 Å². The van der Waals surface area contributed by atoms with Crippen LogP contribution in [-0.4, -0.2) is 22.6 Å². The van der Waals surface area contributed by atoms with Crippen molar-refractivity contribution in [3.8, 4) is 5.69 Å². The maximum atomic E-state index is 6.09. The molecule has 2 aromatic rings. The van der Waals surface area contributed by atoms with Gasteiger partial charge in [0.25, 0.3) is 0 Å². The van der Waals surface area contributed by atoms with Gasteiger partial charge < -0.3 is 5.32 Å². The molecule has 2 heterocycles. The van der Waals surface area contributed by atoms with Crippen LogP contribution in [0.15, 0.2) is 18.2 Å². The number of thioether (sulfide) groups is 1. The second-order valence-corrected chi connectivity index (χ2v) is 6.07. The number of anilines is 1. The van der Waals surface area contributed by atoms with Crippen LogP contribution < -0.4 is 5.32 Å². The second kappa shape index (κ2) is 5.27. The van der Waals surface area contributed by atoms with Crippen LogP contribution in [0.25, 0.3) is 5.69 Å². The van der Waals surface area contributed by atoms with E-state index in [1.165, 1.54) is 5.56 Å². The van der Waals surface area contributed by atoms with Crippen molar-refractivity contribution < 1.29 is 0 Å². The summed E-state index contributed by atoms with van der Waals surface area (Å²) in [5.41, 5.74) is 3.41. The maximum Gasteiger partial charge on any atom is 0.133 e. The van der Waals surface area contributed by atoms with Crippen molar-refractivity contribution in [1.29, 1.82) is 0 Å². The molecule has 0 aliphatic carbocycles. The van der Waals surface area contributed by atoms with E-state index in [0.29, 0.717) is 10.0 Å². The summed E-state index contributed by atoms with van der Waals surface area (Å²) >= 11 is 13.8. The molecular formula is C13H13Cl2N3S. The summed E-state index contributed by atoms with van der Waals surface area (Å²) < 4.78 is 1.93. The average molecular weight is 314 g/mol. The first-order valence-corrected chi connectivity index (χ1v) is 8.14. The van der Waals surface area contributed by atoms with Gasteiger partial charge in [0.05, 0.1) is 21.4 Å². The quantitative estimate of drug-likeness (QED) is 0.928. The van der Waals surface area contributed by atoms with Gasteiger partial charge >= 0.3 is 0 Å². The lowest BCUT2D eigenvalue weighted by atomic mass is 10.2. The highest BCUT2D eigenvalue weighted by atomic mass is 35.5. The fraction of sp³-hybridized carbons (Fsp3) is 0.308. The van der Waals surface area contributed by atoms with E-state index in [9.17, 15) is 0 Å². The summed E-state index contributed by atoms with van der Waals surface area (Å²) in [5, 5.41) is 9.20. The van der Waals surface area contributed by atoms with E-state index >= 15 is 0 Å². The molecular weight excluding hydrogens is 301 g/mol. The Bertz CT molecular complexity index is 625. The molecule has 6 heteroatoms. The number of benzene rings is 1. The number of nitrogens with zero attached hydrogens (tertiary/aromatic N) is 2. The van der Waals surface area contributed by atoms with Crippen LogP contribution in [0.5, 0.6) is 0 Å². The van der Waals surface area contributed by atoms with Gasteiger partial charge in [-0.3, -0.25) is 0 Å². The van der Waals surface area contributed by atoms with Gasteiger partial charge in [-0.1, -0.05) is 23.2 Å². The third-order valence-electron chi connectivity index (χ3n) is 3.16. The fourth-order valence-corrected chi connectivity index (χ4v) is 3.10. The van der Waals surface area contributed by atoms with Crippen LogP contribution in [0.4, 0.5) is 5.82 Å². The van der Waals surface area contributed by atoms with E-state index in [0.717, 1.165) is 35.9 Å². The first-order valence-electron chi connectivity index (χ1n) is 5.99. The lowest BCUT2D eigenvalue weighted by Gasteiger charge is -2.07. The van der Waals surface area contributed by atoms with Crippen molar-refractivity contribution in [2.24, 2.45) is 0 Å². The zero-order chi connectivity index (χ0) is 13.4. The maximum absolute atomic E-state index is 6.09. The molecule has 1 N–H and O–H groups in total. The Balaban J connectivity index is 2.09. The highest BCUT2D eigenvalue weighted by Gasteiger charge is 2.22. The molecule has 0 saturated heterocycles. The summed E-state index contributed by atoms with van der Waals surface area (Å²) in [6.45, 7) is 0.968. The summed E-state index contributed by atoms with van der Waals surface area (Å²) in [6.07, 6.45) is 3.12. The Morgan fingerprint density at radius 3 is 2.95 bits per heavy atom. The lowest BCUT2D eigenvalue weighted by Crippen LogP contribution is -2.04. The van der Waals surface area contributed by atoms with Crippen LogP contribution >= 0.6 is 35.0 Å². The lowest BCUT2D eigenvalue weighted by molar-refractivity contribution is 0.853. The highest BCUT2D eigenvalue weighted by Crippen LogP contribution is 2.32. The molecule has 100 valence electrons. The molecule has 19 heavy (non-hydrogen) atoms. The fourth-order valence-electron chi connectivity index (χ4n) is 2.30. The van der Waals surface area contributed by atoms with Crippen molar-refractivity contribution in [2.75, 3.05) is 18.1 Å². The number of hydrogen-bond donors (Lipinski definition) is 1. The molecule has 0 spiro atoms. The molecule has 0 atom stereocenters. The van der Waals surface area contributed by atoms with Gasteiger partial charge in [0.2, 0.25) is 0 Å². The molecule has 0 amide bonds. The van der Waals surface area contributed by atoms with Gasteiger partial charge in [-0.2, -0.15) is 16.9 Å². The normalized spacial score (nSPS) is 13.4. The van der Waals surface area contributed by atoms with Crippen LogP contribution in [0.3, 0.4) is 0 Å². The molecule has 0 saturated carbocycles. The topological polar surface area (TPSA) is 29.9 Å². The predicted molar refractivity (Wildman–Crippen MR) is 83.0 cm³/mol. The van der Waals surface area contributed by atoms with Crippen molar-refractivity contribution in [3.63, 3.8) is 0 Å². The molecule has 0 bridgehead atoms. The molecule has 0 radical (unpaired) electrons. The largest absolute Gasteiger partial charge is 0.369 e. The number of hydrogen-bond acceptors (Lipinski definition) is 3. The van der Waals surface area contributed by atoms with E-state index in [-0.39, 0.29) is 0 Å². The van der Waals surface area contributed by atoms with E-state index in [4.69, 9.17) is 28.3 Å². The number of nitrogens with one attached hydrogen (secondary N) is 1. The number of fused-ring (bicyclic) bond motifs is 1. The standard InChI is InChI=1S/C13H13Cl2N3S/c1-19-7-12-9-4-5-16-13(9)18(17-12)8-2-3-10(14)11(15)6-8/h2-3,6,16H,4-5,7H2,1H3. The second-order valence-electron chi connectivity index (χ2n) is 4.39. The zero-order valence-corrected chi connectivity index (χ0v) is 12.7. The smallest absolute Gasteiger partial charge is 0.133 e. The van der Waals surface area contributed by atoms with Crippen LogP contribution in [-0.2, 0) is 12.2 Å². The minimum absolute atomic E-state index is 0.549. The van der Waals surface area contributed by atoms with Gasteiger partial charge in [-0.05, 0) is 30.9 Å². The van der Waals surface area contributed by atoms with Gasteiger partial charge in [0.1, 0.15) is 5.82 Å². The average Bonchev–Trinajstić information content (AvgIpc) is 2.97. The predicted octanol–water partition coefficient (Wildman–Crippen LogP) is 4.01. The van der Waals surface area contributed by atoms with Crippen LogP contribution in [0.2, 0.25) is 10.0 Å². The SMILES string of the molecule is CSCc1nn(-c2ccc(Cl)c(Cl)c2)c2c1CCN2. The Morgan fingerprint density at radius 2 is 2.21 bits per heavy atom. The Morgan fingerprint density at radius 1 is 1.37 bits per heavy atom. The molecule has 1 aliphatic heterocycles. The summed E-state index contributed by atoms with van der Waals surface area (Å²) in [7, 11) is 0. The minimum atomic E-state index is 0.549. The Hall–Kier alpha value is -0.840. The van der Waals surface area contributed by atoms with Crippen molar-refractivity contribution >= 4 is 40.8 Å². The molecule has 1 aliphatic rings. The first kappa shape index (κ1) is 13.2. The van der Waals surface area contributed by atoms with Gasteiger partial charge in [0, 0.05) is 17.9 Å². The first-order chi connectivity index (χ1) is 9.20. The number of halogens is 2. The van der Waals surface area contributed by atoms with E-state index in [1.807, 2.05) is 16.8 Å². The zero-order valence-electron chi connectivity index (χ0n) is 10.4. The summed E-state index contributed by atoms with van der Waals surface area (Å²) in [5.74, 6) is 2.01. The number of aromatic nitrogens is 2. The van der Waals surface area contributed by atoms with Gasteiger partial charge in [0.15, 0.2) is 0 Å².